The van der Waals surface area contributed by atoms with Crippen molar-refractivity contribution in [1.29, 1.82) is 0 Å². The maximum atomic E-state index is 4.40. The molecule has 0 spiro atoms. The van der Waals surface area contributed by atoms with Crippen LogP contribution in [-0.2, 0) is 6.54 Å². The Bertz CT molecular complexity index is 419. The second-order valence-electron chi connectivity index (χ2n) is 2.91. The van der Waals surface area contributed by atoms with Crippen LogP contribution in [0.2, 0.25) is 0 Å². The van der Waals surface area contributed by atoms with Crippen LogP contribution in [0.5, 0.6) is 0 Å². The van der Waals surface area contributed by atoms with Crippen molar-refractivity contribution >= 4 is 22.7 Å². The Morgan fingerprint density at radius 2 is 2.36 bits per heavy atom. The molecule has 3 nitrogen and oxygen atoms in total. The largest absolute Gasteiger partial charge is 0.315 e. The highest BCUT2D eigenvalue weighted by atomic mass is 32.1. The Morgan fingerprint density at radius 1 is 1.50 bits per heavy atom. The van der Waals surface area contributed by atoms with Crippen LogP contribution in [0.25, 0.3) is 10.7 Å². The minimum Gasteiger partial charge on any atom is -0.315 e. The van der Waals surface area contributed by atoms with Crippen LogP contribution in [0, 0.1) is 6.92 Å². The van der Waals surface area contributed by atoms with Gasteiger partial charge in [0.1, 0.15) is 10.7 Å². The molecule has 0 amide bonds. The van der Waals surface area contributed by atoms with Gasteiger partial charge in [-0.1, -0.05) is 0 Å². The molecule has 1 N–H and O–H groups in total. The standard InChI is InChI=1S/C9H11N3S2/c1-6-12-8(5-13-6)9-11-4-7(14-9)3-10-2/h4-5,10H,3H2,1-2H3. The van der Waals surface area contributed by atoms with Gasteiger partial charge < -0.3 is 5.32 Å². The molecule has 2 rings (SSSR count). The van der Waals surface area contributed by atoms with Crippen LogP contribution in [0.15, 0.2) is 11.6 Å². The summed E-state index contributed by atoms with van der Waals surface area (Å²) in [7, 11) is 1.94. The highest BCUT2D eigenvalue weighted by molar-refractivity contribution is 7.15. The third kappa shape index (κ3) is 2.00. The van der Waals surface area contributed by atoms with Crippen molar-refractivity contribution in [2.75, 3.05) is 7.05 Å². The normalized spacial score (nSPS) is 10.7. The van der Waals surface area contributed by atoms with E-state index in [1.54, 1.807) is 22.7 Å². The minimum atomic E-state index is 0.876. The molecule has 2 aromatic rings. The molecule has 0 aromatic carbocycles. The van der Waals surface area contributed by atoms with Gasteiger partial charge >= 0.3 is 0 Å². The number of hydrogen-bond donors (Lipinski definition) is 1. The SMILES string of the molecule is CNCc1cnc(-c2csc(C)n2)s1. The second-order valence-corrected chi connectivity index (χ2v) is 5.09. The van der Waals surface area contributed by atoms with Crippen molar-refractivity contribution in [2.24, 2.45) is 0 Å². The molecule has 0 atom stereocenters. The van der Waals surface area contributed by atoms with E-state index in [1.807, 2.05) is 20.2 Å². The average Bonchev–Trinajstić information content (AvgIpc) is 2.74. The first-order valence-electron chi connectivity index (χ1n) is 4.31. The molecule has 0 aliphatic carbocycles. The van der Waals surface area contributed by atoms with E-state index < -0.39 is 0 Å². The molecule has 0 aliphatic rings. The first kappa shape index (κ1) is 9.76. The maximum absolute atomic E-state index is 4.40. The van der Waals surface area contributed by atoms with Crippen LogP contribution in [0.1, 0.15) is 9.88 Å². The van der Waals surface area contributed by atoms with Gasteiger partial charge in [0.05, 0.1) is 5.01 Å². The van der Waals surface area contributed by atoms with Crippen molar-refractivity contribution < 1.29 is 0 Å². The lowest BCUT2D eigenvalue weighted by molar-refractivity contribution is 0.829. The van der Waals surface area contributed by atoms with Crippen LogP contribution >= 0.6 is 22.7 Å². The monoisotopic (exact) mass is 225 g/mol. The highest BCUT2D eigenvalue weighted by Gasteiger charge is 2.06. The number of thiazole rings is 2. The zero-order chi connectivity index (χ0) is 9.97. The highest BCUT2D eigenvalue weighted by Crippen LogP contribution is 2.25. The molecule has 0 unspecified atom stereocenters. The molecular weight excluding hydrogens is 214 g/mol. The van der Waals surface area contributed by atoms with E-state index in [0.29, 0.717) is 0 Å². The summed E-state index contributed by atoms with van der Waals surface area (Å²) in [6.45, 7) is 2.89. The number of aromatic nitrogens is 2. The number of aryl methyl sites for hydroxylation is 1. The van der Waals surface area contributed by atoms with Crippen LogP contribution in [0.4, 0.5) is 0 Å². The fourth-order valence-corrected chi connectivity index (χ4v) is 2.70. The molecule has 0 saturated carbocycles. The van der Waals surface area contributed by atoms with Gasteiger partial charge in [0, 0.05) is 23.0 Å². The quantitative estimate of drug-likeness (QED) is 0.871. The van der Waals surface area contributed by atoms with Gasteiger partial charge in [-0.25, -0.2) is 9.97 Å². The van der Waals surface area contributed by atoms with Crippen molar-refractivity contribution in [3.8, 4) is 10.7 Å². The van der Waals surface area contributed by atoms with E-state index >= 15 is 0 Å². The van der Waals surface area contributed by atoms with Gasteiger partial charge in [0.25, 0.3) is 0 Å². The van der Waals surface area contributed by atoms with Gasteiger partial charge in [-0.2, -0.15) is 0 Å². The molecule has 2 heterocycles. The van der Waals surface area contributed by atoms with Gasteiger partial charge in [-0.3, -0.25) is 0 Å². The first-order valence-corrected chi connectivity index (χ1v) is 6.01. The van der Waals surface area contributed by atoms with Crippen LogP contribution in [0.3, 0.4) is 0 Å². The number of nitrogens with zero attached hydrogens (tertiary/aromatic N) is 2. The zero-order valence-corrected chi connectivity index (χ0v) is 9.71. The molecule has 0 saturated heterocycles. The van der Waals surface area contributed by atoms with E-state index in [0.717, 1.165) is 22.3 Å². The Kier molecular flexibility index (Phi) is 2.90. The van der Waals surface area contributed by atoms with E-state index in [2.05, 4.69) is 20.7 Å². The number of hydrogen-bond acceptors (Lipinski definition) is 5. The van der Waals surface area contributed by atoms with Crippen LogP contribution in [-0.4, -0.2) is 17.0 Å². The van der Waals surface area contributed by atoms with Gasteiger partial charge in [0.2, 0.25) is 0 Å². The maximum Gasteiger partial charge on any atom is 0.142 e. The zero-order valence-electron chi connectivity index (χ0n) is 8.07. The lowest BCUT2D eigenvalue weighted by Gasteiger charge is -1.90. The van der Waals surface area contributed by atoms with Crippen LogP contribution < -0.4 is 5.32 Å². The Balaban J connectivity index is 2.24. The second kappa shape index (κ2) is 4.16. The molecule has 0 bridgehead atoms. The summed E-state index contributed by atoms with van der Waals surface area (Å²) in [6, 6.07) is 0. The number of nitrogens with one attached hydrogen (secondary N) is 1. The molecule has 0 radical (unpaired) electrons. The molecule has 0 aliphatic heterocycles. The summed E-state index contributed by atoms with van der Waals surface area (Å²) in [5, 5.41) is 7.26. The fraction of sp³-hybridized carbons (Fsp3) is 0.333. The summed E-state index contributed by atoms with van der Waals surface area (Å²) < 4.78 is 0. The van der Waals surface area contributed by atoms with Crippen molar-refractivity contribution in [1.82, 2.24) is 15.3 Å². The molecular formula is C9H11N3S2. The molecule has 74 valence electrons. The van der Waals surface area contributed by atoms with E-state index in [4.69, 9.17) is 0 Å². The fourth-order valence-electron chi connectivity index (χ4n) is 1.14. The van der Waals surface area contributed by atoms with Gasteiger partial charge in [0.15, 0.2) is 0 Å². The predicted octanol–water partition coefficient (Wildman–Crippen LogP) is 2.29. The molecule has 0 fully saturated rings. The lowest BCUT2D eigenvalue weighted by Crippen LogP contribution is -2.02. The lowest BCUT2D eigenvalue weighted by atomic mass is 10.5. The predicted molar refractivity (Wildman–Crippen MR) is 60.7 cm³/mol. The molecule has 5 heteroatoms. The average molecular weight is 225 g/mol. The Hall–Kier alpha value is -0.780. The van der Waals surface area contributed by atoms with Gasteiger partial charge in [-0.15, -0.1) is 22.7 Å². The van der Waals surface area contributed by atoms with Crippen molar-refractivity contribution in [3.63, 3.8) is 0 Å². The van der Waals surface area contributed by atoms with Crippen molar-refractivity contribution in [3.05, 3.63) is 21.5 Å². The Morgan fingerprint density at radius 3 is 3.00 bits per heavy atom. The number of rotatable bonds is 3. The van der Waals surface area contributed by atoms with Gasteiger partial charge in [-0.05, 0) is 14.0 Å². The van der Waals surface area contributed by atoms with E-state index in [9.17, 15) is 0 Å². The molecule has 2 aromatic heterocycles. The third-order valence-electron chi connectivity index (χ3n) is 1.74. The summed E-state index contributed by atoms with van der Waals surface area (Å²) in [6.07, 6.45) is 1.91. The van der Waals surface area contributed by atoms with E-state index in [-0.39, 0.29) is 0 Å². The van der Waals surface area contributed by atoms with Crippen molar-refractivity contribution in [2.45, 2.75) is 13.5 Å². The summed E-state index contributed by atoms with van der Waals surface area (Å²) in [4.78, 5) is 9.99. The third-order valence-corrected chi connectivity index (χ3v) is 3.54. The topological polar surface area (TPSA) is 37.8 Å². The smallest absolute Gasteiger partial charge is 0.142 e. The Labute approximate surface area is 90.9 Å². The minimum absolute atomic E-state index is 0.876. The summed E-state index contributed by atoms with van der Waals surface area (Å²) in [5.41, 5.74) is 1.000. The summed E-state index contributed by atoms with van der Waals surface area (Å²) >= 11 is 3.36. The van der Waals surface area contributed by atoms with E-state index in [1.165, 1.54) is 4.88 Å². The summed E-state index contributed by atoms with van der Waals surface area (Å²) in [5.74, 6) is 0. The first-order chi connectivity index (χ1) is 6.79. The molecule has 14 heavy (non-hydrogen) atoms.